The quantitative estimate of drug-likeness (QED) is 0.290. The number of aliphatic imine (C=N–C) groups is 1. The molecule has 1 aliphatic rings. The summed E-state index contributed by atoms with van der Waals surface area (Å²) in [6, 6.07) is 26.9. The summed E-state index contributed by atoms with van der Waals surface area (Å²) in [5, 5.41) is 15.4. The predicted octanol–water partition coefficient (Wildman–Crippen LogP) is 7.14. The van der Waals surface area contributed by atoms with Crippen molar-refractivity contribution in [1.82, 2.24) is 5.32 Å². The molecule has 1 amide bonds. The number of amidine groups is 1. The molecule has 0 aliphatic carbocycles. The summed E-state index contributed by atoms with van der Waals surface area (Å²) < 4.78 is 6.19. The van der Waals surface area contributed by atoms with Crippen molar-refractivity contribution in [2.24, 2.45) is 4.99 Å². The Labute approximate surface area is 218 Å². The maximum Gasteiger partial charge on any atom is 0.264 e. The van der Waals surface area contributed by atoms with Gasteiger partial charge < -0.3 is 10.1 Å². The Morgan fingerprint density at radius 1 is 1.06 bits per heavy atom. The van der Waals surface area contributed by atoms with E-state index in [2.05, 4.69) is 16.4 Å². The monoisotopic (exact) mass is 509 g/mol. The molecule has 1 saturated heterocycles. The van der Waals surface area contributed by atoms with E-state index in [1.165, 1.54) is 11.8 Å². The number of nitrogens with zero attached hydrogens (tertiary/aromatic N) is 2. The average molecular weight is 510 g/mol. The molecule has 0 saturated carbocycles. The van der Waals surface area contributed by atoms with Gasteiger partial charge in [-0.25, -0.2) is 4.99 Å². The van der Waals surface area contributed by atoms with E-state index in [0.29, 0.717) is 32.1 Å². The number of ether oxygens (including phenoxy) is 1. The summed E-state index contributed by atoms with van der Waals surface area (Å²) in [6.45, 7) is 2.13. The van der Waals surface area contributed by atoms with Crippen LogP contribution >= 0.6 is 23.4 Å². The SMILES string of the molecule is Cc1c(Cl)cccc1N=C1NC(=O)/C(=C\c2c(OCc3ccccc3C#N)ccc3ccccc23)S1. The van der Waals surface area contributed by atoms with Crippen LogP contribution in [0.1, 0.15) is 22.3 Å². The zero-order chi connectivity index (χ0) is 25.1. The Bertz CT molecular complexity index is 1600. The van der Waals surface area contributed by atoms with E-state index in [1.807, 2.05) is 85.8 Å². The van der Waals surface area contributed by atoms with Gasteiger partial charge in [0.05, 0.1) is 22.2 Å². The fraction of sp³-hybridized carbons (Fsp3) is 0.0690. The normalized spacial score (nSPS) is 15.3. The Balaban J connectivity index is 1.51. The van der Waals surface area contributed by atoms with Gasteiger partial charge in [-0.3, -0.25) is 4.79 Å². The van der Waals surface area contributed by atoms with Crippen molar-refractivity contribution >= 4 is 57.0 Å². The minimum absolute atomic E-state index is 0.229. The molecule has 4 aromatic rings. The first-order chi connectivity index (χ1) is 17.5. The number of fused-ring (bicyclic) bond motifs is 1. The van der Waals surface area contributed by atoms with Crippen LogP contribution in [0.2, 0.25) is 5.02 Å². The molecule has 0 unspecified atom stereocenters. The zero-order valence-electron chi connectivity index (χ0n) is 19.3. The molecule has 0 spiro atoms. The Kier molecular flexibility index (Phi) is 6.77. The van der Waals surface area contributed by atoms with Gasteiger partial charge in [0.15, 0.2) is 5.17 Å². The number of nitrogens with one attached hydrogen (secondary N) is 1. The van der Waals surface area contributed by atoms with E-state index in [0.717, 1.165) is 27.5 Å². The zero-order valence-corrected chi connectivity index (χ0v) is 20.9. The second-order valence-electron chi connectivity index (χ2n) is 8.12. The van der Waals surface area contributed by atoms with Crippen LogP contribution in [0.4, 0.5) is 5.69 Å². The molecule has 5 rings (SSSR count). The molecule has 176 valence electrons. The number of rotatable bonds is 5. The van der Waals surface area contributed by atoms with Crippen LogP contribution in [0.5, 0.6) is 5.75 Å². The van der Waals surface area contributed by atoms with Crippen molar-refractivity contribution in [3.05, 3.63) is 111 Å². The number of halogens is 1. The van der Waals surface area contributed by atoms with Crippen molar-refractivity contribution in [2.45, 2.75) is 13.5 Å². The van der Waals surface area contributed by atoms with Gasteiger partial charge in [0.2, 0.25) is 0 Å². The molecular formula is C29H20ClN3O2S. The topological polar surface area (TPSA) is 74.5 Å². The highest BCUT2D eigenvalue weighted by Gasteiger charge is 2.25. The highest BCUT2D eigenvalue weighted by molar-refractivity contribution is 8.18. The number of thioether (sulfide) groups is 1. The number of amides is 1. The Morgan fingerprint density at radius 3 is 2.72 bits per heavy atom. The summed E-state index contributed by atoms with van der Waals surface area (Å²) in [6.07, 6.45) is 1.83. The van der Waals surface area contributed by atoms with E-state index >= 15 is 0 Å². The molecule has 36 heavy (non-hydrogen) atoms. The minimum Gasteiger partial charge on any atom is -0.488 e. The molecule has 1 aliphatic heterocycles. The number of hydrogen-bond donors (Lipinski definition) is 1. The molecule has 4 aromatic carbocycles. The first kappa shape index (κ1) is 23.7. The number of benzene rings is 4. The van der Waals surface area contributed by atoms with Gasteiger partial charge in [-0.05, 0) is 65.4 Å². The second-order valence-corrected chi connectivity index (χ2v) is 9.56. The average Bonchev–Trinajstić information content (AvgIpc) is 3.24. The van der Waals surface area contributed by atoms with Gasteiger partial charge in [-0.2, -0.15) is 5.26 Å². The predicted molar refractivity (Wildman–Crippen MR) is 146 cm³/mol. The van der Waals surface area contributed by atoms with Crippen LogP contribution in [-0.4, -0.2) is 11.1 Å². The Hall–Kier alpha value is -4.05. The first-order valence-electron chi connectivity index (χ1n) is 11.2. The molecule has 1 fully saturated rings. The summed E-state index contributed by atoms with van der Waals surface area (Å²) in [5.41, 5.74) is 3.71. The summed E-state index contributed by atoms with van der Waals surface area (Å²) in [5.74, 6) is 0.394. The van der Waals surface area contributed by atoms with E-state index in [4.69, 9.17) is 16.3 Å². The van der Waals surface area contributed by atoms with E-state index in [1.54, 1.807) is 6.07 Å². The number of carbonyl (C=O) groups is 1. The minimum atomic E-state index is -0.229. The van der Waals surface area contributed by atoms with Crippen LogP contribution in [0.25, 0.3) is 16.8 Å². The van der Waals surface area contributed by atoms with Gasteiger partial charge in [0.1, 0.15) is 12.4 Å². The van der Waals surface area contributed by atoms with E-state index < -0.39 is 0 Å². The third-order valence-electron chi connectivity index (χ3n) is 5.84. The largest absolute Gasteiger partial charge is 0.488 e. The molecule has 5 nitrogen and oxygen atoms in total. The van der Waals surface area contributed by atoms with Crippen molar-refractivity contribution in [2.75, 3.05) is 0 Å². The lowest BCUT2D eigenvalue weighted by molar-refractivity contribution is -0.115. The molecule has 0 aromatic heterocycles. The van der Waals surface area contributed by atoms with Crippen molar-refractivity contribution in [3.63, 3.8) is 0 Å². The van der Waals surface area contributed by atoms with Crippen LogP contribution in [-0.2, 0) is 11.4 Å². The lowest BCUT2D eigenvalue weighted by atomic mass is 10.0. The van der Waals surface area contributed by atoms with Gasteiger partial charge in [0.25, 0.3) is 5.91 Å². The fourth-order valence-electron chi connectivity index (χ4n) is 3.90. The lowest BCUT2D eigenvalue weighted by Crippen LogP contribution is -2.19. The highest BCUT2D eigenvalue weighted by Crippen LogP contribution is 2.36. The number of hydrogen-bond acceptors (Lipinski definition) is 5. The van der Waals surface area contributed by atoms with Crippen molar-refractivity contribution in [1.29, 1.82) is 5.26 Å². The van der Waals surface area contributed by atoms with E-state index in [9.17, 15) is 10.1 Å². The highest BCUT2D eigenvalue weighted by atomic mass is 35.5. The van der Waals surface area contributed by atoms with Crippen LogP contribution in [0.15, 0.2) is 88.8 Å². The molecular weight excluding hydrogens is 490 g/mol. The van der Waals surface area contributed by atoms with Gasteiger partial charge in [-0.1, -0.05) is 66.2 Å². The van der Waals surface area contributed by atoms with Crippen molar-refractivity contribution < 1.29 is 9.53 Å². The van der Waals surface area contributed by atoms with E-state index in [-0.39, 0.29) is 12.5 Å². The third kappa shape index (κ3) is 4.85. The van der Waals surface area contributed by atoms with Gasteiger partial charge in [0, 0.05) is 16.1 Å². The van der Waals surface area contributed by atoms with Crippen LogP contribution in [0.3, 0.4) is 0 Å². The lowest BCUT2D eigenvalue weighted by Gasteiger charge is -2.13. The molecule has 0 radical (unpaired) electrons. The summed E-state index contributed by atoms with van der Waals surface area (Å²) >= 11 is 7.49. The van der Waals surface area contributed by atoms with Crippen LogP contribution in [0, 0.1) is 18.3 Å². The smallest absolute Gasteiger partial charge is 0.264 e. The summed E-state index contributed by atoms with van der Waals surface area (Å²) in [4.78, 5) is 18.0. The van der Waals surface area contributed by atoms with Gasteiger partial charge in [-0.15, -0.1) is 0 Å². The van der Waals surface area contributed by atoms with Crippen molar-refractivity contribution in [3.8, 4) is 11.8 Å². The first-order valence-corrected chi connectivity index (χ1v) is 12.4. The maximum atomic E-state index is 12.9. The number of nitriles is 1. The second kappa shape index (κ2) is 10.3. The third-order valence-corrected chi connectivity index (χ3v) is 7.16. The Morgan fingerprint density at radius 2 is 1.86 bits per heavy atom. The van der Waals surface area contributed by atoms with Crippen LogP contribution < -0.4 is 10.1 Å². The molecule has 1 N–H and O–H groups in total. The molecule has 7 heteroatoms. The molecule has 1 heterocycles. The summed E-state index contributed by atoms with van der Waals surface area (Å²) in [7, 11) is 0. The van der Waals surface area contributed by atoms with Gasteiger partial charge >= 0.3 is 0 Å². The molecule has 0 bridgehead atoms. The standard InChI is InChI=1S/C29H20ClN3O2S/c1-18-24(30)11-6-12-25(18)32-29-33-28(34)27(36-29)15-23-22-10-5-4-7-19(22)13-14-26(23)35-17-21-9-3-2-8-20(21)16-31/h2-15H,17H2,1H3,(H,32,33,34)/b27-15+. The fourth-order valence-corrected chi connectivity index (χ4v) is 4.89. The molecule has 0 atom stereocenters. The maximum absolute atomic E-state index is 12.9. The number of carbonyl (C=O) groups excluding carboxylic acids is 1.